The first-order chi connectivity index (χ1) is 12.3. The Morgan fingerprint density at radius 3 is 2.46 bits per heavy atom. The molecule has 0 aliphatic carbocycles. The molecule has 0 saturated carbocycles. The maximum absolute atomic E-state index is 13.1. The average molecular weight is 393 g/mol. The Labute approximate surface area is 157 Å². The molecule has 0 bridgehead atoms. The number of halogens is 1. The summed E-state index contributed by atoms with van der Waals surface area (Å²) in [6.45, 7) is 9.94. The van der Waals surface area contributed by atoms with Crippen LogP contribution in [-0.4, -0.2) is 27.5 Å². The molecule has 0 N–H and O–H groups in total. The zero-order chi connectivity index (χ0) is 19.3. The molecule has 0 spiro atoms. The van der Waals surface area contributed by atoms with E-state index in [4.69, 9.17) is 22.9 Å². The summed E-state index contributed by atoms with van der Waals surface area (Å²) in [4.78, 5) is 15.2. The van der Waals surface area contributed by atoms with Gasteiger partial charge in [0, 0.05) is 5.02 Å². The molecule has 26 heavy (non-hydrogen) atoms. The van der Waals surface area contributed by atoms with Gasteiger partial charge in [-0.05, 0) is 31.5 Å². The number of carbonyl (C=O) groups excluding carboxylic acids is 1. The van der Waals surface area contributed by atoms with E-state index in [1.165, 1.54) is 24.3 Å². The monoisotopic (exact) mass is 392 g/mol. The van der Waals surface area contributed by atoms with Crippen LogP contribution in [-0.2, 0) is 19.6 Å². The van der Waals surface area contributed by atoms with Crippen LogP contribution in [0.1, 0.15) is 12.5 Å². The van der Waals surface area contributed by atoms with Crippen LogP contribution >= 0.6 is 11.6 Å². The van der Waals surface area contributed by atoms with Gasteiger partial charge in [-0.25, -0.2) is 13.3 Å². The minimum Gasteiger partial charge on any atom is -0.465 e. The van der Waals surface area contributed by atoms with Crippen molar-refractivity contribution in [2.24, 2.45) is 0 Å². The summed E-state index contributed by atoms with van der Waals surface area (Å²) in [5.41, 5.74) is 1.14. The van der Waals surface area contributed by atoms with Crippen LogP contribution in [0.3, 0.4) is 0 Å². The van der Waals surface area contributed by atoms with Crippen LogP contribution in [0.4, 0.5) is 11.4 Å². The maximum Gasteiger partial charge on any atom is 0.326 e. The second-order valence-corrected chi connectivity index (χ2v) is 7.58. The molecule has 0 unspecified atom stereocenters. The third kappa shape index (κ3) is 4.15. The molecule has 0 saturated heterocycles. The Balaban J connectivity index is 2.56. The molecule has 0 aliphatic rings. The molecule has 0 aliphatic heterocycles. The van der Waals surface area contributed by atoms with E-state index in [2.05, 4.69) is 4.85 Å². The topological polar surface area (TPSA) is 68.0 Å². The van der Waals surface area contributed by atoms with Crippen molar-refractivity contribution in [2.45, 2.75) is 18.7 Å². The van der Waals surface area contributed by atoms with Crippen LogP contribution in [0.2, 0.25) is 5.02 Å². The van der Waals surface area contributed by atoms with E-state index < -0.39 is 22.5 Å². The minimum absolute atomic E-state index is 0.0337. The largest absolute Gasteiger partial charge is 0.465 e. The second kappa shape index (κ2) is 8.21. The van der Waals surface area contributed by atoms with Gasteiger partial charge in [0.2, 0.25) is 0 Å². The summed E-state index contributed by atoms with van der Waals surface area (Å²) in [6.07, 6.45) is 0. The van der Waals surface area contributed by atoms with E-state index in [9.17, 15) is 13.2 Å². The Bertz CT molecular complexity index is 950. The van der Waals surface area contributed by atoms with Gasteiger partial charge in [-0.3, -0.25) is 9.10 Å². The third-order valence-corrected chi connectivity index (χ3v) is 5.82. The van der Waals surface area contributed by atoms with Gasteiger partial charge in [0.05, 0.1) is 23.8 Å². The summed E-state index contributed by atoms with van der Waals surface area (Å²) >= 11 is 6.12. The van der Waals surface area contributed by atoms with Crippen LogP contribution in [0.15, 0.2) is 47.4 Å². The van der Waals surface area contributed by atoms with Crippen LogP contribution in [0, 0.1) is 13.5 Å². The van der Waals surface area contributed by atoms with Crippen LogP contribution in [0.5, 0.6) is 0 Å². The molecule has 0 atom stereocenters. The van der Waals surface area contributed by atoms with Crippen molar-refractivity contribution in [3.05, 3.63) is 64.5 Å². The SMILES string of the molecule is [C-]#[N+]c1ccc(S(=O)(=O)N(CC(=O)OCC)c2cccc(Cl)c2C)cc1. The number of hydrogen-bond donors (Lipinski definition) is 0. The summed E-state index contributed by atoms with van der Waals surface area (Å²) < 4.78 is 32.2. The van der Waals surface area contributed by atoms with Crippen LogP contribution < -0.4 is 4.31 Å². The highest BCUT2D eigenvalue weighted by molar-refractivity contribution is 7.92. The predicted octanol–water partition coefficient (Wildman–Crippen LogP) is 3.96. The molecule has 2 rings (SSSR count). The quantitative estimate of drug-likeness (QED) is 0.551. The molecule has 0 fully saturated rings. The summed E-state index contributed by atoms with van der Waals surface area (Å²) in [5, 5.41) is 0.384. The number of nitrogens with zero attached hydrogens (tertiary/aromatic N) is 2. The Morgan fingerprint density at radius 1 is 1.23 bits per heavy atom. The number of esters is 1. The predicted molar refractivity (Wildman–Crippen MR) is 100 cm³/mol. The van der Waals surface area contributed by atoms with E-state index >= 15 is 0 Å². The number of hydrogen-bond acceptors (Lipinski definition) is 4. The molecule has 2 aromatic rings. The number of ether oxygens (including phenoxy) is 1. The van der Waals surface area contributed by atoms with Crippen molar-refractivity contribution in [3.8, 4) is 0 Å². The summed E-state index contributed by atoms with van der Waals surface area (Å²) in [6, 6.07) is 10.3. The fourth-order valence-corrected chi connectivity index (χ4v) is 3.95. The van der Waals surface area contributed by atoms with Crippen molar-refractivity contribution >= 4 is 39.0 Å². The van der Waals surface area contributed by atoms with E-state index in [1.807, 2.05) is 0 Å². The second-order valence-electron chi connectivity index (χ2n) is 5.31. The van der Waals surface area contributed by atoms with Gasteiger partial charge in [-0.1, -0.05) is 41.9 Å². The van der Waals surface area contributed by atoms with Gasteiger partial charge in [0.25, 0.3) is 10.0 Å². The smallest absolute Gasteiger partial charge is 0.326 e. The molecule has 2 aromatic carbocycles. The zero-order valence-corrected chi connectivity index (χ0v) is 15.8. The van der Waals surface area contributed by atoms with Crippen molar-refractivity contribution in [1.82, 2.24) is 0 Å². The third-order valence-electron chi connectivity index (χ3n) is 3.64. The Morgan fingerprint density at radius 2 is 1.88 bits per heavy atom. The zero-order valence-electron chi connectivity index (χ0n) is 14.3. The Hall–Kier alpha value is -2.56. The fourth-order valence-electron chi connectivity index (χ4n) is 2.31. The van der Waals surface area contributed by atoms with Crippen LogP contribution in [0.25, 0.3) is 4.85 Å². The molecule has 136 valence electrons. The first kappa shape index (κ1) is 19.8. The number of carbonyl (C=O) groups is 1. The molecule has 0 amide bonds. The van der Waals surface area contributed by atoms with Crippen molar-refractivity contribution in [1.29, 1.82) is 0 Å². The van der Waals surface area contributed by atoms with Gasteiger partial charge in [0.1, 0.15) is 6.54 Å². The lowest BCUT2D eigenvalue weighted by Crippen LogP contribution is -2.37. The van der Waals surface area contributed by atoms with Gasteiger partial charge >= 0.3 is 5.97 Å². The first-order valence-electron chi connectivity index (χ1n) is 7.72. The van der Waals surface area contributed by atoms with Gasteiger partial charge < -0.3 is 4.74 Å². The fraction of sp³-hybridized carbons (Fsp3) is 0.222. The molecular weight excluding hydrogens is 376 g/mol. The van der Waals surface area contributed by atoms with Gasteiger partial charge in [0.15, 0.2) is 5.69 Å². The summed E-state index contributed by atoms with van der Waals surface area (Å²) in [7, 11) is -4.06. The molecule has 6 nitrogen and oxygen atoms in total. The van der Waals surface area contributed by atoms with Crippen molar-refractivity contribution < 1.29 is 17.9 Å². The lowest BCUT2D eigenvalue weighted by Gasteiger charge is -2.25. The van der Waals surface area contributed by atoms with E-state index in [0.29, 0.717) is 22.0 Å². The van der Waals surface area contributed by atoms with E-state index in [1.54, 1.807) is 32.0 Å². The maximum atomic E-state index is 13.1. The summed E-state index contributed by atoms with van der Waals surface area (Å²) in [5.74, 6) is -0.673. The van der Waals surface area contributed by atoms with E-state index in [-0.39, 0.29) is 11.5 Å². The molecule has 0 aromatic heterocycles. The standard InChI is InChI=1S/C18H17ClN2O4S/c1-4-25-18(22)12-21(17-7-5-6-16(19)13(17)2)26(23,24)15-10-8-14(20-3)9-11-15/h5-11H,4,12H2,1-2H3. The lowest BCUT2D eigenvalue weighted by molar-refractivity contribution is -0.141. The Kier molecular flexibility index (Phi) is 6.24. The van der Waals surface area contributed by atoms with Crippen molar-refractivity contribution in [3.63, 3.8) is 0 Å². The van der Waals surface area contributed by atoms with Gasteiger partial charge in [-0.15, -0.1) is 0 Å². The van der Waals surface area contributed by atoms with Gasteiger partial charge in [-0.2, -0.15) is 0 Å². The van der Waals surface area contributed by atoms with Crippen molar-refractivity contribution in [2.75, 3.05) is 17.5 Å². The van der Waals surface area contributed by atoms with E-state index in [0.717, 1.165) is 4.31 Å². The number of sulfonamides is 1. The number of rotatable bonds is 6. The highest BCUT2D eigenvalue weighted by Gasteiger charge is 2.29. The lowest BCUT2D eigenvalue weighted by atomic mass is 10.2. The molecule has 0 heterocycles. The normalized spacial score (nSPS) is 10.8. The highest BCUT2D eigenvalue weighted by atomic mass is 35.5. The minimum atomic E-state index is -4.06. The number of benzene rings is 2. The average Bonchev–Trinajstić information content (AvgIpc) is 2.62. The molecular formula is C18H17ClN2O4S. The highest BCUT2D eigenvalue weighted by Crippen LogP contribution is 2.31. The molecule has 8 heteroatoms. The first-order valence-corrected chi connectivity index (χ1v) is 9.54. The molecule has 0 radical (unpaired) electrons. The number of anilines is 1.